The van der Waals surface area contributed by atoms with Gasteiger partial charge in [0.15, 0.2) is 0 Å². The first-order valence-corrected chi connectivity index (χ1v) is 9.27. The van der Waals surface area contributed by atoms with Crippen molar-refractivity contribution < 1.29 is 0 Å². The summed E-state index contributed by atoms with van der Waals surface area (Å²) in [5.41, 5.74) is 1.16. The van der Waals surface area contributed by atoms with Gasteiger partial charge in [-0.25, -0.2) is 0 Å². The van der Waals surface area contributed by atoms with E-state index >= 15 is 0 Å². The topological polar surface area (TPSA) is 15.3 Å². The molecule has 3 fully saturated rings. The van der Waals surface area contributed by atoms with Crippen LogP contribution in [-0.2, 0) is 0 Å². The zero-order valence-electron chi connectivity index (χ0n) is 12.7. The molecule has 2 atom stereocenters. The summed E-state index contributed by atoms with van der Waals surface area (Å²) in [6.07, 6.45) is 7.13. The van der Waals surface area contributed by atoms with E-state index in [4.69, 9.17) is 0 Å². The lowest BCUT2D eigenvalue weighted by atomic mass is 9.73. The fourth-order valence-corrected chi connectivity index (χ4v) is 5.79. The molecule has 0 radical (unpaired) electrons. The third-order valence-corrected chi connectivity index (χ3v) is 6.97. The molecule has 0 aromatic carbocycles. The lowest BCUT2D eigenvalue weighted by Crippen LogP contribution is -2.55. The number of hydrogen-bond acceptors (Lipinski definition) is 3. The maximum Gasteiger partial charge on any atom is 0.0192 e. The third kappa shape index (κ3) is 3.30. The van der Waals surface area contributed by atoms with Crippen LogP contribution in [0.1, 0.15) is 46.0 Å². The van der Waals surface area contributed by atoms with Crippen LogP contribution in [0.3, 0.4) is 0 Å². The van der Waals surface area contributed by atoms with Crippen LogP contribution < -0.4 is 5.32 Å². The number of nitrogens with one attached hydrogen (secondary N) is 1. The molecule has 3 heteroatoms. The molecule has 110 valence electrons. The van der Waals surface area contributed by atoms with E-state index in [0.29, 0.717) is 10.8 Å². The van der Waals surface area contributed by atoms with Crippen molar-refractivity contribution in [3.05, 3.63) is 0 Å². The summed E-state index contributed by atoms with van der Waals surface area (Å²) in [6.45, 7) is 10.1. The SMILES string of the molecule is CC1(C)CSCC(N2CCCC3(CCCNC3)C2)C1. The van der Waals surface area contributed by atoms with Crippen LogP contribution in [0.4, 0.5) is 0 Å². The van der Waals surface area contributed by atoms with Crippen LogP contribution in [0.15, 0.2) is 0 Å². The molecule has 0 aromatic heterocycles. The van der Waals surface area contributed by atoms with Gasteiger partial charge in [0, 0.05) is 24.9 Å². The highest BCUT2D eigenvalue weighted by Gasteiger charge is 2.40. The number of likely N-dealkylation sites (tertiary alicyclic amines) is 1. The Kier molecular flexibility index (Phi) is 4.17. The molecule has 1 N–H and O–H groups in total. The molecule has 0 saturated carbocycles. The van der Waals surface area contributed by atoms with E-state index < -0.39 is 0 Å². The molecular formula is C16H30N2S. The first kappa shape index (κ1) is 14.2. The van der Waals surface area contributed by atoms with E-state index in [1.807, 2.05) is 0 Å². The monoisotopic (exact) mass is 282 g/mol. The van der Waals surface area contributed by atoms with Crippen molar-refractivity contribution in [1.29, 1.82) is 0 Å². The molecule has 3 rings (SSSR count). The highest BCUT2D eigenvalue weighted by atomic mass is 32.2. The van der Waals surface area contributed by atoms with Crippen molar-refractivity contribution in [3.63, 3.8) is 0 Å². The second-order valence-corrected chi connectivity index (χ2v) is 8.92. The van der Waals surface area contributed by atoms with Gasteiger partial charge in [-0.05, 0) is 61.8 Å². The molecular weight excluding hydrogens is 252 g/mol. The van der Waals surface area contributed by atoms with Gasteiger partial charge >= 0.3 is 0 Å². The maximum absolute atomic E-state index is 3.65. The van der Waals surface area contributed by atoms with E-state index in [9.17, 15) is 0 Å². The minimum absolute atomic E-state index is 0.545. The summed E-state index contributed by atoms with van der Waals surface area (Å²) in [7, 11) is 0. The minimum atomic E-state index is 0.545. The Morgan fingerprint density at radius 3 is 2.79 bits per heavy atom. The molecule has 1 spiro atoms. The fraction of sp³-hybridized carbons (Fsp3) is 1.00. The van der Waals surface area contributed by atoms with Crippen LogP contribution in [-0.4, -0.2) is 48.6 Å². The maximum atomic E-state index is 3.65. The van der Waals surface area contributed by atoms with Crippen molar-refractivity contribution in [2.45, 2.75) is 52.0 Å². The van der Waals surface area contributed by atoms with Crippen molar-refractivity contribution >= 4 is 11.8 Å². The normalized spacial score (nSPS) is 40.4. The Balaban J connectivity index is 1.64. The summed E-state index contributed by atoms with van der Waals surface area (Å²) < 4.78 is 0. The van der Waals surface area contributed by atoms with Crippen LogP contribution in [0.25, 0.3) is 0 Å². The summed E-state index contributed by atoms with van der Waals surface area (Å²) >= 11 is 2.18. The van der Waals surface area contributed by atoms with Crippen molar-refractivity contribution in [3.8, 4) is 0 Å². The number of piperidine rings is 2. The van der Waals surface area contributed by atoms with E-state index in [0.717, 1.165) is 6.04 Å². The molecule has 0 aliphatic carbocycles. The van der Waals surface area contributed by atoms with Crippen LogP contribution in [0.5, 0.6) is 0 Å². The van der Waals surface area contributed by atoms with Crippen molar-refractivity contribution in [2.75, 3.05) is 37.7 Å². The van der Waals surface area contributed by atoms with Gasteiger partial charge in [0.1, 0.15) is 0 Å². The highest BCUT2D eigenvalue weighted by Crippen LogP contribution is 2.41. The van der Waals surface area contributed by atoms with Gasteiger partial charge in [0.25, 0.3) is 0 Å². The molecule has 0 aromatic rings. The summed E-state index contributed by atoms with van der Waals surface area (Å²) in [4.78, 5) is 2.85. The average Bonchev–Trinajstić information content (AvgIpc) is 2.38. The van der Waals surface area contributed by atoms with Gasteiger partial charge in [-0.2, -0.15) is 11.8 Å². The van der Waals surface area contributed by atoms with Crippen LogP contribution in [0.2, 0.25) is 0 Å². The van der Waals surface area contributed by atoms with E-state index in [1.54, 1.807) is 0 Å². The van der Waals surface area contributed by atoms with Crippen LogP contribution >= 0.6 is 11.8 Å². The van der Waals surface area contributed by atoms with Gasteiger partial charge in [-0.15, -0.1) is 0 Å². The minimum Gasteiger partial charge on any atom is -0.316 e. The largest absolute Gasteiger partial charge is 0.316 e. The lowest BCUT2D eigenvalue weighted by molar-refractivity contribution is 0.0311. The van der Waals surface area contributed by atoms with E-state index in [1.165, 1.54) is 69.8 Å². The Bertz CT molecular complexity index is 304. The summed E-state index contributed by atoms with van der Waals surface area (Å²) in [6, 6.07) is 0.841. The number of thioether (sulfide) groups is 1. The molecule has 0 amide bonds. The average molecular weight is 282 g/mol. The Morgan fingerprint density at radius 2 is 2.05 bits per heavy atom. The van der Waals surface area contributed by atoms with Crippen molar-refractivity contribution in [1.82, 2.24) is 10.2 Å². The number of rotatable bonds is 1. The Hall–Kier alpha value is 0.270. The molecule has 2 nitrogen and oxygen atoms in total. The smallest absolute Gasteiger partial charge is 0.0192 e. The number of hydrogen-bond donors (Lipinski definition) is 1. The Labute approximate surface area is 123 Å². The fourth-order valence-electron chi connectivity index (χ4n) is 4.40. The van der Waals surface area contributed by atoms with E-state index in [-0.39, 0.29) is 0 Å². The first-order valence-electron chi connectivity index (χ1n) is 8.11. The third-order valence-electron chi connectivity index (χ3n) is 5.36. The molecule has 19 heavy (non-hydrogen) atoms. The molecule has 3 heterocycles. The summed E-state index contributed by atoms with van der Waals surface area (Å²) in [5.74, 6) is 2.72. The van der Waals surface area contributed by atoms with Gasteiger partial charge in [-0.3, -0.25) is 4.90 Å². The summed E-state index contributed by atoms with van der Waals surface area (Å²) in [5, 5.41) is 3.65. The quantitative estimate of drug-likeness (QED) is 0.796. The zero-order chi connectivity index (χ0) is 13.3. The van der Waals surface area contributed by atoms with Gasteiger partial charge in [-0.1, -0.05) is 13.8 Å². The molecule has 3 aliphatic heterocycles. The molecule has 0 bridgehead atoms. The van der Waals surface area contributed by atoms with Gasteiger partial charge in [0.2, 0.25) is 0 Å². The zero-order valence-corrected chi connectivity index (χ0v) is 13.5. The van der Waals surface area contributed by atoms with Gasteiger partial charge in [0.05, 0.1) is 0 Å². The number of nitrogens with zero attached hydrogens (tertiary/aromatic N) is 1. The molecule has 2 unspecified atom stereocenters. The van der Waals surface area contributed by atoms with Crippen LogP contribution in [0, 0.1) is 10.8 Å². The van der Waals surface area contributed by atoms with Gasteiger partial charge < -0.3 is 5.32 Å². The predicted octanol–water partition coefficient (Wildman–Crippen LogP) is 2.98. The highest BCUT2D eigenvalue weighted by molar-refractivity contribution is 7.99. The molecule has 3 saturated heterocycles. The second kappa shape index (κ2) is 5.57. The lowest BCUT2D eigenvalue weighted by Gasteiger charge is -2.50. The Morgan fingerprint density at radius 1 is 1.21 bits per heavy atom. The standard InChI is InChI=1S/C16H30N2S/c1-15(2)9-14(10-19-13-15)18-8-4-6-16(12-18)5-3-7-17-11-16/h14,17H,3-13H2,1-2H3. The molecule has 3 aliphatic rings. The second-order valence-electron chi connectivity index (χ2n) is 7.89. The van der Waals surface area contributed by atoms with Crippen molar-refractivity contribution in [2.24, 2.45) is 10.8 Å². The predicted molar refractivity (Wildman–Crippen MR) is 84.9 cm³/mol. The van der Waals surface area contributed by atoms with E-state index in [2.05, 4.69) is 35.8 Å². The first-order chi connectivity index (χ1) is 9.09.